The Kier molecular flexibility index (Phi) is 11.7. The van der Waals surface area contributed by atoms with Gasteiger partial charge >= 0.3 is 24.1 Å². The molecular formula is C21H21F4N3O10S2. The molecule has 1 aromatic carbocycles. The second kappa shape index (κ2) is 13.8. The molecular weight excluding hydrogens is 594 g/mol. The lowest BCUT2D eigenvalue weighted by Gasteiger charge is -2.16. The minimum absolute atomic E-state index is 0.0870. The Morgan fingerprint density at radius 3 is 2.17 bits per heavy atom. The molecule has 13 nitrogen and oxygen atoms in total. The number of rotatable bonds is 10. The lowest BCUT2D eigenvalue weighted by molar-refractivity contribution is -0.192. The predicted octanol–water partition coefficient (Wildman–Crippen LogP) is 1.66. The van der Waals surface area contributed by atoms with Crippen LogP contribution in [0.1, 0.15) is 27.0 Å². The quantitative estimate of drug-likeness (QED) is 0.0561. The molecule has 0 saturated heterocycles. The third kappa shape index (κ3) is 11.3. The average molecular weight is 616 g/mol. The molecule has 0 fully saturated rings. The number of hydrogen-bond donors (Lipinski definition) is 6. The van der Waals surface area contributed by atoms with Gasteiger partial charge < -0.3 is 26.0 Å². The van der Waals surface area contributed by atoms with Gasteiger partial charge in [-0.1, -0.05) is 6.92 Å². The summed E-state index contributed by atoms with van der Waals surface area (Å²) in [7, 11) is -4.63. The minimum Gasteiger partial charge on any atom is -0.480 e. The number of thiophene rings is 1. The summed E-state index contributed by atoms with van der Waals surface area (Å²) >= 11 is 0.972. The highest BCUT2D eigenvalue weighted by molar-refractivity contribution is 7.85. The third-order valence-electron chi connectivity index (χ3n) is 4.50. The maximum Gasteiger partial charge on any atom is 0.490 e. The summed E-state index contributed by atoms with van der Waals surface area (Å²) in [6.45, 7) is 1.46. The number of carbonyl (C=O) groups excluding carboxylic acids is 2. The van der Waals surface area contributed by atoms with E-state index >= 15 is 0 Å². The number of carbonyl (C=O) groups is 4. The number of carboxylic acid groups (broad SMARTS) is 2. The molecule has 0 saturated carbocycles. The highest BCUT2D eigenvalue weighted by Gasteiger charge is 2.38. The lowest BCUT2D eigenvalue weighted by atomic mass is 10.1. The molecule has 220 valence electrons. The number of nitrogen functional groups attached to an aromatic ring is 1. The topological polar surface area (TPSA) is 234 Å². The van der Waals surface area contributed by atoms with E-state index in [0.717, 1.165) is 23.5 Å². The zero-order valence-electron chi connectivity index (χ0n) is 20.1. The number of amidine groups is 1. The van der Waals surface area contributed by atoms with Gasteiger partial charge in [-0.05, 0) is 36.8 Å². The predicted molar refractivity (Wildman–Crippen MR) is 129 cm³/mol. The lowest BCUT2D eigenvalue weighted by Crippen LogP contribution is -2.47. The van der Waals surface area contributed by atoms with Gasteiger partial charge in [-0.15, -0.1) is 11.3 Å². The number of carboxylic acids is 2. The molecule has 0 radical (unpaired) electrons. The van der Waals surface area contributed by atoms with Gasteiger partial charge in [0.15, 0.2) is 11.6 Å². The molecule has 2 aromatic rings. The van der Waals surface area contributed by atoms with Gasteiger partial charge in [-0.25, -0.2) is 18.8 Å². The van der Waals surface area contributed by atoms with Crippen LogP contribution in [0.2, 0.25) is 0 Å². The number of nitrogens with two attached hydrogens (primary N) is 1. The number of halogens is 4. The van der Waals surface area contributed by atoms with E-state index in [-0.39, 0.29) is 28.4 Å². The number of benzene rings is 1. The van der Waals surface area contributed by atoms with Crippen LogP contribution in [-0.4, -0.2) is 70.8 Å². The fourth-order valence-electron chi connectivity index (χ4n) is 2.59. The van der Waals surface area contributed by atoms with Gasteiger partial charge in [0.05, 0.1) is 0 Å². The molecule has 0 aliphatic carbocycles. The first-order valence-corrected chi connectivity index (χ1v) is 12.9. The Bertz CT molecular complexity index is 1390. The fourth-order valence-corrected chi connectivity index (χ4v) is 4.25. The second-order valence-corrected chi connectivity index (χ2v) is 10.4. The highest BCUT2D eigenvalue weighted by atomic mass is 32.2. The van der Waals surface area contributed by atoms with E-state index < -0.39 is 63.6 Å². The molecule has 0 aliphatic heterocycles. The van der Waals surface area contributed by atoms with E-state index in [1.807, 2.05) is 5.32 Å². The zero-order valence-corrected chi connectivity index (χ0v) is 21.7. The van der Waals surface area contributed by atoms with Crippen LogP contribution in [0.4, 0.5) is 17.6 Å². The molecule has 1 heterocycles. The smallest absolute Gasteiger partial charge is 0.480 e. The molecule has 2 rings (SSSR count). The van der Waals surface area contributed by atoms with Crippen LogP contribution in [-0.2, 0) is 30.9 Å². The summed E-state index contributed by atoms with van der Waals surface area (Å²) in [6, 6.07) is 4.56. The molecule has 1 aromatic heterocycles. The van der Waals surface area contributed by atoms with Crippen molar-refractivity contribution in [1.82, 2.24) is 5.32 Å². The van der Waals surface area contributed by atoms with Crippen molar-refractivity contribution in [2.24, 2.45) is 11.7 Å². The number of amides is 1. The Hall–Kier alpha value is -4.10. The minimum atomic E-state index is -5.08. The van der Waals surface area contributed by atoms with E-state index in [1.165, 1.54) is 25.1 Å². The summed E-state index contributed by atoms with van der Waals surface area (Å²) in [5.41, 5.74) is 5.40. The van der Waals surface area contributed by atoms with Crippen LogP contribution in [0.25, 0.3) is 0 Å². The monoisotopic (exact) mass is 615 g/mol. The summed E-state index contributed by atoms with van der Waals surface area (Å²) in [4.78, 5) is 45.2. The molecule has 1 amide bonds. The molecule has 2 atom stereocenters. The summed E-state index contributed by atoms with van der Waals surface area (Å²) in [6.07, 6.45) is -5.00. The fraction of sp³-hybridized carbons (Fsp3) is 0.286. The number of aliphatic carboxylic acids is 2. The van der Waals surface area contributed by atoms with Crippen molar-refractivity contribution in [1.29, 1.82) is 5.41 Å². The summed E-state index contributed by atoms with van der Waals surface area (Å²) in [5, 5.41) is 25.5. The first-order chi connectivity index (χ1) is 18.2. The normalized spacial score (nSPS) is 12.8. The highest BCUT2D eigenvalue weighted by Crippen LogP contribution is 2.24. The SMILES string of the molecule is CC(Cc1ccc(C(=O)Oc2ccc(C(=N)N)cc2F)s1)C(=O)N[C@@H](CS(=O)(=O)O)C(=O)O.O=C(O)C(F)(F)F. The van der Waals surface area contributed by atoms with Crippen molar-refractivity contribution >= 4 is 51.1 Å². The van der Waals surface area contributed by atoms with Crippen molar-refractivity contribution in [3.63, 3.8) is 0 Å². The van der Waals surface area contributed by atoms with Crippen LogP contribution in [0.5, 0.6) is 5.75 Å². The van der Waals surface area contributed by atoms with E-state index in [0.29, 0.717) is 4.88 Å². The first-order valence-electron chi connectivity index (χ1n) is 10.4. The maximum atomic E-state index is 14.1. The largest absolute Gasteiger partial charge is 0.490 e. The number of esters is 1. The van der Waals surface area contributed by atoms with E-state index in [1.54, 1.807) is 0 Å². The zero-order chi connectivity index (χ0) is 31.0. The maximum absolute atomic E-state index is 14.1. The van der Waals surface area contributed by atoms with Crippen molar-refractivity contribution < 1.29 is 64.7 Å². The molecule has 0 spiro atoms. The van der Waals surface area contributed by atoms with E-state index in [9.17, 15) is 40.4 Å². The number of nitrogens with one attached hydrogen (secondary N) is 2. The summed E-state index contributed by atoms with van der Waals surface area (Å²) in [5.74, 6) is -9.56. The van der Waals surface area contributed by atoms with Crippen LogP contribution >= 0.6 is 11.3 Å². The molecule has 0 bridgehead atoms. The Labute approximate surface area is 226 Å². The van der Waals surface area contributed by atoms with Crippen LogP contribution in [0, 0.1) is 17.1 Å². The van der Waals surface area contributed by atoms with Gasteiger partial charge in [-0.2, -0.15) is 21.6 Å². The van der Waals surface area contributed by atoms with Crippen molar-refractivity contribution in [2.45, 2.75) is 25.6 Å². The van der Waals surface area contributed by atoms with Gasteiger partial charge in [-0.3, -0.25) is 14.8 Å². The molecule has 0 aliphatic rings. The van der Waals surface area contributed by atoms with Crippen molar-refractivity contribution in [2.75, 3.05) is 5.75 Å². The number of ether oxygens (including phenoxy) is 1. The molecule has 1 unspecified atom stereocenters. The first kappa shape index (κ1) is 33.9. The molecule has 40 heavy (non-hydrogen) atoms. The number of hydrogen-bond acceptors (Lipinski definition) is 9. The Morgan fingerprint density at radius 1 is 1.15 bits per heavy atom. The molecule has 7 N–H and O–H groups in total. The summed E-state index contributed by atoms with van der Waals surface area (Å²) < 4.78 is 81.4. The van der Waals surface area contributed by atoms with Gasteiger partial charge in [0.2, 0.25) is 5.91 Å². The molecule has 19 heteroatoms. The standard InChI is InChI=1S/C19H20FN3O8S2.C2HF3O2/c1-9(17(24)23-13(18(25)26)8-33(28,29)30)6-11-3-5-15(32-11)19(27)31-14-4-2-10(16(21)22)7-12(14)20;3-2(4,5)1(6)7/h2-5,7,9,13H,6,8H2,1H3,(H3,21,22)(H,23,24)(H,25,26)(H,28,29,30);(H,6,7)/t9?,13-;/m0./s1. The Morgan fingerprint density at radius 2 is 1.73 bits per heavy atom. The van der Waals surface area contributed by atoms with Gasteiger partial charge in [0.1, 0.15) is 22.5 Å². The number of alkyl halides is 3. The Balaban J connectivity index is 0.00000101. The van der Waals surface area contributed by atoms with E-state index in [2.05, 4.69) is 0 Å². The van der Waals surface area contributed by atoms with E-state index in [4.69, 9.17) is 35.4 Å². The van der Waals surface area contributed by atoms with Crippen LogP contribution in [0.15, 0.2) is 30.3 Å². The van der Waals surface area contributed by atoms with Crippen LogP contribution < -0.4 is 15.8 Å². The van der Waals surface area contributed by atoms with Gasteiger partial charge in [0.25, 0.3) is 10.1 Å². The average Bonchev–Trinajstić information content (AvgIpc) is 3.27. The third-order valence-corrected chi connectivity index (χ3v) is 6.34. The van der Waals surface area contributed by atoms with Crippen molar-refractivity contribution in [3.05, 3.63) is 51.5 Å². The van der Waals surface area contributed by atoms with Crippen molar-refractivity contribution in [3.8, 4) is 5.75 Å². The van der Waals surface area contributed by atoms with Crippen LogP contribution in [0.3, 0.4) is 0 Å². The second-order valence-electron chi connectivity index (χ2n) is 7.77. The van der Waals surface area contributed by atoms with Gasteiger partial charge in [0, 0.05) is 16.4 Å².